The van der Waals surface area contributed by atoms with Crippen LogP contribution in [0, 0.1) is 0 Å². The van der Waals surface area contributed by atoms with Crippen molar-refractivity contribution >= 4 is 29.0 Å². The van der Waals surface area contributed by atoms with Crippen molar-refractivity contribution in [3.63, 3.8) is 0 Å². The van der Waals surface area contributed by atoms with E-state index in [0.29, 0.717) is 11.1 Å². The SMILES string of the molecule is NC(=O)c1c(-c2nccs2)noc1NC(=O)c1cccc(C(F)(F)F)c1. The molecule has 0 saturated heterocycles. The third-order valence-corrected chi connectivity index (χ3v) is 4.03. The highest BCUT2D eigenvalue weighted by Gasteiger charge is 2.31. The van der Waals surface area contributed by atoms with Gasteiger partial charge in [0.1, 0.15) is 10.6 Å². The Labute approximate surface area is 147 Å². The van der Waals surface area contributed by atoms with Crippen LogP contribution in [0.25, 0.3) is 10.7 Å². The summed E-state index contributed by atoms with van der Waals surface area (Å²) in [5, 5.41) is 7.84. The van der Waals surface area contributed by atoms with Gasteiger partial charge in [-0.25, -0.2) is 4.98 Å². The number of carbonyl (C=O) groups is 2. The van der Waals surface area contributed by atoms with Gasteiger partial charge in [-0.2, -0.15) is 13.2 Å². The van der Waals surface area contributed by atoms with Crippen LogP contribution in [0.1, 0.15) is 26.3 Å². The largest absolute Gasteiger partial charge is 0.416 e. The molecule has 2 heterocycles. The fourth-order valence-electron chi connectivity index (χ4n) is 2.10. The van der Waals surface area contributed by atoms with Crippen molar-refractivity contribution in [2.45, 2.75) is 6.18 Å². The summed E-state index contributed by atoms with van der Waals surface area (Å²) in [7, 11) is 0. The predicted molar refractivity (Wildman–Crippen MR) is 85.5 cm³/mol. The van der Waals surface area contributed by atoms with Crippen LogP contribution in [0.2, 0.25) is 0 Å². The van der Waals surface area contributed by atoms with E-state index < -0.39 is 23.6 Å². The Bertz CT molecular complexity index is 967. The molecular formula is C15H9F3N4O3S. The predicted octanol–water partition coefficient (Wildman–Crippen LogP) is 3.17. The molecule has 26 heavy (non-hydrogen) atoms. The number of rotatable bonds is 4. The van der Waals surface area contributed by atoms with Gasteiger partial charge in [-0.1, -0.05) is 11.2 Å². The molecule has 0 saturated carbocycles. The smallest absolute Gasteiger partial charge is 0.365 e. The van der Waals surface area contributed by atoms with Crippen LogP contribution in [0.15, 0.2) is 40.4 Å². The van der Waals surface area contributed by atoms with Crippen molar-refractivity contribution in [2.24, 2.45) is 5.73 Å². The molecule has 1 aromatic carbocycles. The van der Waals surface area contributed by atoms with Crippen molar-refractivity contribution in [1.82, 2.24) is 10.1 Å². The molecule has 0 bridgehead atoms. The van der Waals surface area contributed by atoms with Gasteiger partial charge in [0.05, 0.1) is 5.56 Å². The summed E-state index contributed by atoms with van der Waals surface area (Å²) in [5.74, 6) is -2.22. The van der Waals surface area contributed by atoms with Gasteiger partial charge in [0.25, 0.3) is 11.8 Å². The van der Waals surface area contributed by atoms with Crippen LogP contribution in [0.3, 0.4) is 0 Å². The Hall–Kier alpha value is -3.21. The van der Waals surface area contributed by atoms with Crippen LogP contribution in [0.5, 0.6) is 0 Å². The highest BCUT2D eigenvalue weighted by Crippen LogP contribution is 2.31. The van der Waals surface area contributed by atoms with Crippen LogP contribution >= 0.6 is 11.3 Å². The number of benzene rings is 1. The van der Waals surface area contributed by atoms with E-state index in [4.69, 9.17) is 10.3 Å². The molecule has 134 valence electrons. The number of amides is 2. The molecule has 2 aromatic heterocycles. The minimum Gasteiger partial charge on any atom is -0.365 e. The average molecular weight is 382 g/mol. The Balaban J connectivity index is 1.92. The van der Waals surface area contributed by atoms with E-state index in [1.165, 1.54) is 12.3 Å². The van der Waals surface area contributed by atoms with Crippen LogP contribution in [0.4, 0.5) is 19.1 Å². The Morgan fingerprint density at radius 2 is 2.04 bits per heavy atom. The molecule has 0 atom stereocenters. The number of thiazole rings is 1. The second-order valence-corrected chi connectivity index (χ2v) is 5.86. The number of hydrogen-bond acceptors (Lipinski definition) is 6. The van der Waals surface area contributed by atoms with E-state index in [-0.39, 0.29) is 22.7 Å². The van der Waals surface area contributed by atoms with E-state index >= 15 is 0 Å². The quantitative estimate of drug-likeness (QED) is 0.720. The topological polar surface area (TPSA) is 111 Å². The first-order valence-corrected chi connectivity index (χ1v) is 7.83. The molecule has 0 spiro atoms. The molecular weight excluding hydrogens is 373 g/mol. The van der Waals surface area contributed by atoms with Gasteiger partial charge < -0.3 is 10.3 Å². The van der Waals surface area contributed by atoms with E-state index in [0.717, 1.165) is 23.5 Å². The second kappa shape index (κ2) is 6.59. The number of nitrogens with two attached hydrogens (primary N) is 1. The summed E-state index contributed by atoms with van der Waals surface area (Å²) in [4.78, 5) is 27.9. The van der Waals surface area contributed by atoms with E-state index in [1.807, 2.05) is 0 Å². The summed E-state index contributed by atoms with van der Waals surface area (Å²) in [6.07, 6.45) is -3.13. The number of hydrogen-bond donors (Lipinski definition) is 2. The van der Waals surface area contributed by atoms with Crippen LogP contribution in [-0.4, -0.2) is 22.0 Å². The van der Waals surface area contributed by atoms with Crippen molar-refractivity contribution in [3.05, 3.63) is 52.5 Å². The van der Waals surface area contributed by atoms with Gasteiger partial charge >= 0.3 is 6.18 Å². The fourth-order valence-corrected chi connectivity index (χ4v) is 2.73. The molecule has 0 aliphatic heterocycles. The number of carbonyl (C=O) groups excluding carboxylic acids is 2. The molecule has 0 aliphatic rings. The first-order valence-electron chi connectivity index (χ1n) is 6.95. The van der Waals surface area contributed by atoms with Crippen molar-refractivity contribution in [2.75, 3.05) is 5.32 Å². The lowest BCUT2D eigenvalue weighted by Gasteiger charge is -2.08. The monoisotopic (exact) mass is 382 g/mol. The maximum atomic E-state index is 12.8. The third-order valence-electron chi connectivity index (χ3n) is 3.25. The molecule has 3 rings (SSSR count). The van der Waals surface area contributed by atoms with Crippen molar-refractivity contribution in [1.29, 1.82) is 0 Å². The standard InChI is InChI=1S/C15H9F3N4O3S/c16-15(17,18)8-3-1-2-7(6-8)12(24)21-13-9(11(19)23)10(22-25-13)14-20-4-5-26-14/h1-6H,(H2,19,23)(H,21,24). The van der Waals surface area contributed by atoms with E-state index in [9.17, 15) is 22.8 Å². The fraction of sp³-hybridized carbons (Fsp3) is 0.0667. The zero-order valence-electron chi connectivity index (χ0n) is 12.7. The summed E-state index contributed by atoms with van der Waals surface area (Å²) in [5.41, 5.74) is 3.85. The Kier molecular flexibility index (Phi) is 4.47. The lowest BCUT2D eigenvalue weighted by molar-refractivity contribution is -0.137. The lowest BCUT2D eigenvalue weighted by Crippen LogP contribution is -2.18. The highest BCUT2D eigenvalue weighted by atomic mass is 32.1. The molecule has 0 fully saturated rings. The molecule has 0 unspecified atom stereocenters. The maximum absolute atomic E-state index is 12.8. The molecule has 7 nitrogen and oxygen atoms in total. The number of anilines is 1. The van der Waals surface area contributed by atoms with Gasteiger partial charge in [-0.15, -0.1) is 11.3 Å². The highest BCUT2D eigenvalue weighted by molar-refractivity contribution is 7.13. The average Bonchev–Trinajstić information content (AvgIpc) is 3.23. The summed E-state index contributed by atoms with van der Waals surface area (Å²) in [6.45, 7) is 0. The van der Waals surface area contributed by atoms with Crippen LogP contribution in [-0.2, 0) is 6.18 Å². The zero-order valence-corrected chi connectivity index (χ0v) is 13.5. The molecule has 11 heteroatoms. The number of nitrogens with zero attached hydrogens (tertiary/aromatic N) is 2. The van der Waals surface area contributed by atoms with Gasteiger partial charge in [-0.3, -0.25) is 14.9 Å². The third kappa shape index (κ3) is 3.42. The van der Waals surface area contributed by atoms with E-state index in [1.54, 1.807) is 5.38 Å². The number of halogens is 3. The Morgan fingerprint density at radius 1 is 1.27 bits per heavy atom. The van der Waals surface area contributed by atoms with E-state index in [2.05, 4.69) is 15.5 Å². The van der Waals surface area contributed by atoms with Crippen LogP contribution < -0.4 is 11.1 Å². The van der Waals surface area contributed by atoms with Crippen molar-refractivity contribution in [3.8, 4) is 10.7 Å². The minimum atomic E-state index is -4.60. The molecule has 3 N–H and O–H groups in total. The first-order chi connectivity index (χ1) is 12.3. The lowest BCUT2D eigenvalue weighted by atomic mass is 10.1. The number of alkyl halides is 3. The maximum Gasteiger partial charge on any atom is 0.416 e. The van der Waals surface area contributed by atoms with Gasteiger partial charge in [0, 0.05) is 17.1 Å². The molecule has 3 aromatic rings. The molecule has 2 amide bonds. The summed E-state index contributed by atoms with van der Waals surface area (Å²) >= 11 is 1.16. The summed E-state index contributed by atoms with van der Waals surface area (Å²) in [6, 6.07) is 3.79. The zero-order chi connectivity index (χ0) is 18.9. The normalized spacial score (nSPS) is 11.3. The first kappa shape index (κ1) is 17.6. The minimum absolute atomic E-state index is 0.0341. The molecule has 0 aliphatic carbocycles. The van der Waals surface area contributed by atoms with Crippen molar-refractivity contribution < 1.29 is 27.3 Å². The summed E-state index contributed by atoms with van der Waals surface area (Å²) < 4.78 is 43.2. The Morgan fingerprint density at radius 3 is 2.65 bits per heavy atom. The molecule has 0 radical (unpaired) electrons. The number of nitrogens with one attached hydrogen (secondary N) is 1. The van der Waals surface area contributed by atoms with Gasteiger partial charge in [0.2, 0.25) is 5.88 Å². The number of aromatic nitrogens is 2. The second-order valence-electron chi connectivity index (χ2n) is 4.97. The van der Waals surface area contributed by atoms with Gasteiger partial charge in [-0.05, 0) is 18.2 Å². The number of primary amides is 1. The van der Waals surface area contributed by atoms with Gasteiger partial charge in [0.15, 0.2) is 5.69 Å².